The van der Waals surface area contributed by atoms with Crippen molar-refractivity contribution in [1.29, 1.82) is 0 Å². The van der Waals surface area contributed by atoms with E-state index in [1.54, 1.807) is 0 Å². The summed E-state index contributed by atoms with van der Waals surface area (Å²) in [5.41, 5.74) is 1.17. The van der Waals surface area contributed by atoms with Crippen molar-refractivity contribution < 1.29 is 14.3 Å². The van der Waals surface area contributed by atoms with Crippen molar-refractivity contribution in [2.45, 2.75) is 12.6 Å². The van der Waals surface area contributed by atoms with Crippen molar-refractivity contribution in [3.63, 3.8) is 0 Å². The van der Waals surface area contributed by atoms with E-state index in [0.717, 1.165) is 6.54 Å². The fourth-order valence-corrected chi connectivity index (χ4v) is 1.69. The van der Waals surface area contributed by atoms with Crippen molar-refractivity contribution in [1.82, 2.24) is 4.90 Å². The summed E-state index contributed by atoms with van der Waals surface area (Å²) in [6.07, 6.45) is 0. The summed E-state index contributed by atoms with van der Waals surface area (Å²) >= 11 is 0. The maximum Gasteiger partial charge on any atom is 0.319 e. The number of hydrogen-bond donors (Lipinski definition) is 0. The minimum Gasteiger partial charge on any atom is -0.468 e. The van der Waals surface area contributed by atoms with Gasteiger partial charge in [-0.1, -0.05) is 30.3 Å². The van der Waals surface area contributed by atoms with E-state index in [0.29, 0.717) is 25.8 Å². The number of ether oxygens (including phenoxy) is 2. The molecule has 1 aliphatic rings. The summed E-state index contributed by atoms with van der Waals surface area (Å²) in [6.45, 7) is 2.59. The van der Waals surface area contributed by atoms with E-state index >= 15 is 0 Å². The molecule has 0 amide bonds. The standard InChI is InChI=1S/C13H17NO3/c1-16-13(15)8-14-7-12(14)10-17-9-11-5-3-2-4-6-11/h2-6,12H,7-10H2,1H3. The molecule has 0 aliphatic carbocycles. The Morgan fingerprint density at radius 3 is 2.88 bits per heavy atom. The van der Waals surface area contributed by atoms with Crippen molar-refractivity contribution in [2.24, 2.45) is 0 Å². The summed E-state index contributed by atoms with van der Waals surface area (Å²) in [7, 11) is 1.41. The maximum absolute atomic E-state index is 11.0. The molecule has 1 fully saturated rings. The first-order chi connectivity index (χ1) is 8.29. The summed E-state index contributed by atoms with van der Waals surface area (Å²) in [5.74, 6) is -0.185. The average molecular weight is 235 g/mol. The number of benzene rings is 1. The van der Waals surface area contributed by atoms with Gasteiger partial charge in [0.15, 0.2) is 0 Å². The molecule has 2 unspecified atom stereocenters. The zero-order chi connectivity index (χ0) is 12.1. The highest BCUT2D eigenvalue weighted by Gasteiger charge is 2.35. The quantitative estimate of drug-likeness (QED) is 0.546. The molecule has 4 nitrogen and oxygen atoms in total. The fraction of sp³-hybridized carbons (Fsp3) is 0.462. The summed E-state index contributed by atoms with van der Waals surface area (Å²) in [6, 6.07) is 10.4. The number of rotatable bonds is 6. The molecule has 4 heteroatoms. The second kappa shape index (κ2) is 5.80. The Morgan fingerprint density at radius 2 is 2.18 bits per heavy atom. The van der Waals surface area contributed by atoms with Gasteiger partial charge in [0, 0.05) is 12.6 Å². The molecule has 1 heterocycles. The Labute approximate surface area is 101 Å². The van der Waals surface area contributed by atoms with E-state index in [9.17, 15) is 4.79 Å². The lowest BCUT2D eigenvalue weighted by Gasteiger charge is -2.04. The van der Waals surface area contributed by atoms with Crippen LogP contribution in [0.5, 0.6) is 0 Å². The van der Waals surface area contributed by atoms with Gasteiger partial charge in [-0.15, -0.1) is 0 Å². The van der Waals surface area contributed by atoms with Crippen LogP contribution in [0, 0.1) is 0 Å². The van der Waals surface area contributed by atoms with Crippen molar-refractivity contribution >= 4 is 5.97 Å². The minimum absolute atomic E-state index is 0.185. The molecular formula is C13H17NO3. The molecule has 2 rings (SSSR count). The third-order valence-electron chi connectivity index (χ3n) is 2.81. The second-order valence-corrected chi connectivity index (χ2v) is 4.16. The van der Waals surface area contributed by atoms with E-state index in [4.69, 9.17) is 4.74 Å². The molecule has 0 radical (unpaired) electrons. The highest BCUT2D eigenvalue weighted by atomic mass is 16.5. The Hall–Kier alpha value is -1.39. The van der Waals surface area contributed by atoms with Crippen LogP contribution in [0.25, 0.3) is 0 Å². The van der Waals surface area contributed by atoms with E-state index < -0.39 is 0 Å². The lowest BCUT2D eigenvalue weighted by Crippen LogP contribution is -2.18. The van der Waals surface area contributed by atoms with Crippen LogP contribution >= 0.6 is 0 Å². The number of carbonyl (C=O) groups excluding carboxylic acids is 1. The van der Waals surface area contributed by atoms with Crippen molar-refractivity contribution in [3.05, 3.63) is 35.9 Å². The number of nitrogens with zero attached hydrogens (tertiary/aromatic N) is 1. The summed E-state index contributed by atoms with van der Waals surface area (Å²) in [4.78, 5) is 13.0. The van der Waals surface area contributed by atoms with Crippen LogP contribution in [-0.2, 0) is 20.9 Å². The Balaban J connectivity index is 1.60. The van der Waals surface area contributed by atoms with Gasteiger partial charge in [-0.25, -0.2) is 0 Å². The van der Waals surface area contributed by atoms with Gasteiger partial charge in [0.2, 0.25) is 0 Å². The number of hydrogen-bond acceptors (Lipinski definition) is 4. The van der Waals surface area contributed by atoms with Crippen LogP contribution in [0.15, 0.2) is 30.3 Å². The van der Waals surface area contributed by atoms with Gasteiger partial charge in [-0.3, -0.25) is 9.69 Å². The fourth-order valence-electron chi connectivity index (χ4n) is 1.69. The first-order valence-electron chi connectivity index (χ1n) is 5.72. The molecule has 92 valence electrons. The second-order valence-electron chi connectivity index (χ2n) is 4.16. The predicted molar refractivity (Wildman–Crippen MR) is 63.5 cm³/mol. The van der Waals surface area contributed by atoms with Crippen LogP contribution in [-0.4, -0.2) is 43.7 Å². The predicted octanol–water partition coefficient (Wildman–Crippen LogP) is 1.06. The van der Waals surface area contributed by atoms with Crippen molar-refractivity contribution in [3.8, 4) is 0 Å². The summed E-state index contributed by atoms with van der Waals surface area (Å²) in [5, 5.41) is 0. The highest BCUT2D eigenvalue weighted by Crippen LogP contribution is 2.17. The maximum atomic E-state index is 11.0. The zero-order valence-electron chi connectivity index (χ0n) is 9.96. The van der Waals surface area contributed by atoms with E-state index in [2.05, 4.69) is 4.74 Å². The molecule has 1 aliphatic heterocycles. The largest absolute Gasteiger partial charge is 0.468 e. The Morgan fingerprint density at radius 1 is 1.41 bits per heavy atom. The molecule has 1 aromatic rings. The SMILES string of the molecule is COC(=O)CN1CC1COCc1ccccc1. The van der Waals surface area contributed by atoms with Gasteiger partial charge in [-0.2, -0.15) is 0 Å². The molecule has 0 bridgehead atoms. The van der Waals surface area contributed by atoms with E-state index in [-0.39, 0.29) is 5.97 Å². The number of methoxy groups -OCH3 is 1. The van der Waals surface area contributed by atoms with Gasteiger partial charge in [-0.05, 0) is 5.56 Å². The van der Waals surface area contributed by atoms with E-state index in [1.807, 2.05) is 35.2 Å². The van der Waals surface area contributed by atoms with Gasteiger partial charge >= 0.3 is 5.97 Å². The normalized spacial score (nSPS) is 22.2. The molecule has 0 spiro atoms. The van der Waals surface area contributed by atoms with E-state index in [1.165, 1.54) is 12.7 Å². The lowest BCUT2D eigenvalue weighted by molar-refractivity contribution is -0.140. The lowest BCUT2D eigenvalue weighted by atomic mass is 10.2. The number of esters is 1. The molecule has 1 saturated heterocycles. The molecule has 0 aromatic heterocycles. The summed E-state index contributed by atoms with van der Waals surface area (Å²) < 4.78 is 10.2. The first-order valence-corrected chi connectivity index (χ1v) is 5.72. The van der Waals surface area contributed by atoms with Crippen molar-refractivity contribution in [2.75, 3.05) is 26.8 Å². The van der Waals surface area contributed by atoms with Crippen LogP contribution < -0.4 is 0 Å². The van der Waals surface area contributed by atoms with Gasteiger partial charge in [0.05, 0.1) is 26.9 Å². The van der Waals surface area contributed by atoms with Gasteiger partial charge < -0.3 is 9.47 Å². The molecule has 17 heavy (non-hydrogen) atoms. The Kier molecular flexibility index (Phi) is 4.12. The van der Waals surface area contributed by atoms with Gasteiger partial charge in [0.25, 0.3) is 0 Å². The molecule has 0 N–H and O–H groups in total. The molecule has 0 saturated carbocycles. The minimum atomic E-state index is -0.185. The molecule has 1 aromatic carbocycles. The number of carbonyl (C=O) groups is 1. The molecular weight excluding hydrogens is 218 g/mol. The third kappa shape index (κ3) is 3.84. The Bertz CT molecular complexity index is 366. The van der Waals surface area contributed by atoms with Crippen LogP contribution in [0.1, 0.15) is 5.56 Å². The van der Waals surface area contributed by atoms with Crippen LogP contribution in [0.2, 0.25) is 0 Å². The topological polar surface area (TPSA) is 38.5 Å². The molecule has 2 atom stereocenters. The smallest absolute Gasteiger partial charge is 0.319 e. The third-order valence-corrected chi connectivity index (χ3v) is 2.81. The first kappa shape index (κ1) is 12.1. The van der Waals surface area contributed by atoms with Crippen LogP contribution in [0.3, 0.4) is 0 Å². The zero-order valence-corrected chi connectivity index (χ0v) is 9.96. The van der Waals surface area contributed by atoms with Crippen LogP contribution in [0.4, 0.5) is 0 Å². The van der Waals surface area contributed by atoms with Gasteiger partial charge in [0.1, 0.15) is 0 Å². The highest BCUT2D eigenvalue weighted by molar-refractivity contribution is 5.71. The monoisotopic (exact) mass is 235 g/mol. The average Bonchev–Trinajstić information content (AvgIpc) is 3.08.